The molecule has 8 nitrogen and oxygen atoms in total. The molecule has 2 fully saturated rings. The van der Waals surface area contributed by atoms with Gasteiger partial charge in [0.25, 0.3) is 5.91 Å². The lowest BCUT2D eigenvalue weighted by Crippen LogP contribution is -2.44. The molecule has 1 atom stereocenters. The zero-order valence-electron chi connectivity index (χ0n) is 13.6. The molecule has 24 heavy (non-hydrogen) atoms. The molecule has 0 aliphatic carbocycles. The van der Waals surface area contributed by atoms with E-state index in [1.54, 1.807) is 4.90 Å². The summed E-state index contributed by atoms with van der Waals surface area (Å²) < 4.78 is 5.42. The van der Waals surface area contributed by atoms with Crippen molar-refractivity contribution in [1.82, 2.24) is 19.8 Å². The molecule has 0 spiro atoms. The lowest BCUT2D eigenvalue weighted by Gasteiger charge is -2.34. The van der Waals surface area contributed by atoms with Crippen molar-refractivity contribution in [3.63, 3.8) is 0 Å². The van der Waals surface area contributed by atoms with Crippen LogP contribution in [-0.4, -0.2) is 77.0 Å². The first-order chi connectivity index (χ1) is 11.6. The van der Waals surface area contributed by atoms with E-state index in [-0.39, 0.29) is 17.7 Å². The molecule has 1 unspecified atom stereocenters. The Morgan fingerprint density at radius 3 is 2.50 bits per heavy atom. The highest BCUT2D eigenvalue weighted by atomic mass is 16.5. The number of ether oxygens (including phenoxy) is 1. The van der Waals surface area contributed by atoms with Crippen molar-refractivity contribution in [3.05, 3.63) is 24.3 Å². The Balaban J connectivity index is 1.73. The van der Waals surface area contributed by atoms with Gasteiger partial charge >= 0.3 is 0 Å². The SMILES string of the molecule is NC(=O)C1CN(C(=O)c2cncnc2)CCN(C2CCOCC2)C1. The first-order valence-corrected chi connectivity index (χ1v) is 8.30. The second kappa shape index (κ2) is 7.67. The van der Waals surface area contributed by atoms with Crippen LogP contribution in [0.1, 0.15) is 23.2 Å². The van der Waals surface area contributed by atoms with Crippen LogP contribution >= 0.6 is 0 Å². The molecule has 0 aromatic carbocycles. The Hall–Kier alpha value is -2.06. The maximum Gasteiger partial charge on any atom is 0.257 e. The molecule has 0 saturated carbocycles. The molecular weight excluding hydrogens is 310 g/mol. The summed E-state index contributed by atoms with van der Waals surface area (Å²) in [4.78, 5) is 36.3. The quantitative estimate of drug-likeness (QED) is 0.801. The minimum Gasteiger partial charge on any atom is -0.381 e. The molecule has 130 valence electrons. The Bertz CT molecular complexity index is 576. The van der Waals surface area contributed by atoms with E-state index in [4.69, 9.17) is 10.5 Å². The molecule has 2 saturated heterocycles. The largest absolute Gasteiger partial charge is 0.381 e. The summed E-state index contributed by atoms with van der Waals surface area (Å²) in [5.74, 6) is -0.893. The molecule has 2 amide bonds. The molecule has 3 rings (SSSR count). The van der Waals surface area contributed by atoms with E-state index < -0.39 is 0 Å². The van der Waals surface area contributed by atoms with Gasteiger partial charge in [-0.25, -0.2) is 9.97 Å². The molecule has 1 aromatic rings. The number of hydrogen-bond donors (Lipinski definition) is 1. The van der Waals surface area contributed by atoms with Gasteiger partial charge in [-0.2, -0.15) is 0 Å². The first kappa shape index (κ1) is 16.8. The third-order valence-electron chi connectivity index (χ3n) is 4.76. The summed E-state index contributed by atoms with van der Waals surface area (Å²) in [5, 5.41) is 0. The summed E-state index contributed by atoms with van der Waals surface area (Å²) in [6.45, 7) is 3.71. The molecule has 2 N–H and O–H groups in total. The zero-order chi connectivity index (χ0) is 16.9. The normalized spacial score (nSPS) is 23.7. The van der Waals surface area contributed by atoms with Crippen molar-refractivity contribution < 1.29 is 14.3 Å². The highest BCUT2D eigenvalue weighted by molar-refractivity contribution is 5.94. The first-order valence-electron chi connectivity index (χ1n) is 8.30. The monoisotopic (exact) mass is 333 g/mol. The van der Waals surface area contributed by atoms with E-state index in [9.17, 15) is 9.59 Å². The molecule has 0 bridgehead atoms. The fourth-order valence-electron chi connectivity index (χ4n) is 3.38. The maximum atomic E-state index is 12.7. The second-order valence-electron chi connectivity index (χ2n) is 6.32. The number of hydrogen-bond acceptors (Lipinski definition) is 6. The highest BCUT2D eigenvalue weighted by Gasteiger charge is 2.32. The predicted octanol–water partition coefficient (Wildman–Crippen LogP) is -0.485. The Morgan fingerprint density at radius 1 is 1.12 bits per heavy atom. The lowest BCUT2D eigenvalue weighted by molar-refractivity contribution is -0.122. The van der Waals surface area contributed by atoms with Gasteiger partial charge in [0.05, 0.1) is 11.5 Å². The van der Waals surface area contributed by atoms with E-state index >= 15 is 0 Å². The van der Waals surface area contributed by atoms with Crippen molar-refractivity contribution in [1.29, 1.82) is 0 Å². The van der Waals surface area contributed by atoms with Crippen LogP contribution < -0.4 is 5.73 Å². The van der Waals surface area contributed by atoms with Gasteiger partial charge in [-0.05, 0) is 12.8 Å². The van der Waals surface area contributed by atoms with Crippen molar-refractivity contribution in [3.8, 4) is 0 Å². The second-order valence-corrected chi connectivity index (χ2v) is 6.32. The van der Waals surface area contributed by atoms with Crippen molar-refractivity contribution in [2.24, 2.45) is 11.7 Å². The molecule has 1 aromatic heterocycles. The van der Waals surface area contributed by atoms with Gasteiger partial charge in [0, 0.05) is 57.8 Å². The fraction of sp³-hybridized carbons (Fsp3) is 0.625. The maximum absolute atomic E-state index is 12.7. The number of carbonyl (C=O) groups excluding carboxylic acids is 2. The van der Waals surface area contributed by atoms with Gasteiger partial charge in [-0.3, -0.25) is 14.5 Å². The highest BCUT2D eigenvalue weighted by Crippen LogP contribution is 2.20. The number of nitrogens with two attached hydrogens (primary N) is 1. The van der Waals surface area contributed by atoms with Gasteiger partial charge < -0.3 is 15.4 Å². The minimum absolute atomic E-state index is 0.157. The van der Waals surface area contributed by atoms with Crippen LogP contribution in [0.15, 0.2) is 18.7 Å². The lowest BCUT2D eigenvalue weighted by atomic mass is 10.0. The minimum atomic E-state index is -0.371. The van der Waals surface area contributed by atoms with Gasteiger partial charge in [-0.1, -0.05) is 0 Å². The van der Waals surface area contributed by atoms with Crippen LogP contribution in [-0.2, 0) is 9.53 Å². The average Bonchev–Trinajstić information content (AvgIpc) is 2.86. The summed E-state index contributed by atoms with van der Waals surface area (Å²) >= 11 is 0. The zero-order valence-corrected chi connectivity index (χ0v) is 13.6. The van der Waals surface area contributed by atoms with Crippen LogP contribution in [0.3, 0.4) is 0 Å². The Labute approximate surface area is 141 Å². The molecule has 0 radical (unpaired) electrons. The van der Waals surface area contributed by atoms with E-state index in [0.29, 0.717) is 31.2 Å². The Morgan fingerprint density at radius 2 is 1.83 bits per heavy atom. The summed E-state index contributed by atoms with van der Waals surface area (Å²) in [6.07, 6.45) is 6.28. The smallest absolute Gasteiger partial charge is 0.257 e. The van der Waals surface area contributed by atoms with Crippen LogP contribution in [0.5, 0.6) is 0 Å². The summed E-state index contributed by atoms with van der Waals surface area (Å²) in [6, 6.07) is 0.385. The predicted molar refractivity (Wildman–Crippen MR) is 86.0 cm³/mol. The van der Waals surface area contributed by atoms with Crippen LogP contribution in [0.4, 0.5) is 0 Å². The molecular formula is C16H23N5O3. The number of amides is 2. The number of nitrogens with zero attached hydrogens (tertiary/aromatic N) is 4. The molecule has 3 heterocycles. The van der Waals surface area contributed by atoms with E-state index in [2.05, 4.69) is 14.9 Å². The van der Waals surface area contributed by atoms with E-state index in [1.807, 2.05) is 0 Å². The van der Waals surface area contributed by atoms with Gasteiger partial charge in [0.1, 0.15) is 6.33 Å². The molecule has 2 aliphatic rings. The van der Waals surface area contributed by atoms with Gasteiger partial charge in [-0.15, -0.1) is 0 Å². The summed E-state index contributed by atoms with van der Waals surface area (Å²) in [5.41, 5.74) is 6.01. The van der Waals surface area contributed by atoms with Crippen LogP contribution in [0.2, 0.25) is 0 Å². The van der Waals surface area contributed by atoms with Crippen LogP contribution in [0, 0.1) is 5.92 Å². The van der Waals surface area contributed by atoms with Gasteiger partial charge in [0.2, 0.25) is 5.91 Å². The van der Waals surface area contributed by atoms with E-state index in [0.717, 1.165) is 32.6 Å². The number of rotatable bonds is 3. The number of primary amides is 1. The van der Waals surface area contributed by atoms with Crippen molar-refractivity contribution in [2.45, 2.75) is 18.9 Å². The Kier molecular flexibility index (Phi) is 5.37. The topological polar surface area (TPSA) is 102 Å². The molecule has 2 aliphatic heterocycles. The van der Waals surface area contributed by atoms with Crippen molar-refractivity contribution in [2.75, 3.05) is 39.4 Å². The standard InChI is InChI=1S/C16H23N5O3/c17-15(22)13-9-20(14-1-5-24-6-2-14)3-4-21(10-13)16(23)12-7-18-11-19-8-12/h7-8,11,13-14H,1-6,9-10H2,(H2,17,22). The summed E-state index contributed by atoms with van der Waals surface area (Å²) in [7, 11) is 0. The molecule has 8 heteroatoms. The third-order valence-corrected chi connectivity index (χ3v) is 4.76. The third kappa shape index (κ3) is 3.88. The van der Waals surface area contributed by atoms with Gasteiger partial charge in [0.15, 0.2) is 0 Å². The number of carbonyl (C=O) groups is 2. The van der Waals surface area contributed by atoms with Crippen molar-refractivity contribution >= 4 is 11.8 Å². The fourth-order valence-corrected chi connectivity index (χ4v) is 3.38. The van der Waals surface area contributed by atoms with E-state index in [1.165, 1.54) is 18.7 Å². The number of aromatic nitrogens is 2. The van der Waals surface area contributed by atoms with Crippen LogP contribution in [0.25, 0.3) is 0 Å². The average molecular weight is 333 g/mol.